The van der Waals surface area contributed by atoms with E-state index in [4.69, 9.17) is 25.5 Å². The molecule has 3 aromatic rings. The van der Waals surface area contributed by atoms with Gasteiger partial charge in [-0.05, 0) is 31.2 Å². The predicted octanol–water partition coefficient (Wildman–Crippen LogP) is 3.71. The van der Waals surface area contributed by atoms with Gasteiger partial charge in [0.1, 0.15) is 11.5 Å². The standard InChI is InChI=1S/C20H18ClNO5/c1-13(20(24)22-11-14-5-4-10-25-14)27-19(23)12-26-18-9-8-17(21)15-6-2-3-7-16(15)18/h2-10,13H,11-12H2,1H3,(H,22,24)/t13-/m0/s1. The van der Waals surface area contributed by atoms with Crippen molar-refractivity contribution in [3.63, 3.8) is 0 Å². The van der Waals surface area contributed by atoms with E-state index in [-0.39, 0.29) is 13.2 Å². The molecule has 0 unspecified atom stereocenters. The Labute approximate surface area is 161 Å². The first-order valence-electron chi connectivity index (χ1n) is 8.34. The van der Waals surface area contributed by atoms with Crippen molar-refractivity contribution in [3.8, 4) is 5.75 Å². The summed E-state index contributed by atoms with van der Waals surface area (Å²) in [6, 6.07) is 14.3. The minimum Gasteiger partial charge on any atom is -0.481 e. The maximum Gasteiger partial charge on any atom is 0.344 e. The molecule has 0 saturated heterocycles. The molecule has 0 bridgehead atoms. The van der Waals surface area contributed by atoms with Crippen LogP contribution in [0.2, 0.25) is 5.02 Å². The highest BCUT2D eigenvalue weighted by molar-refractivity contribution is 6.35. The maximum absolute atomic E-state index is 12.0. The lowest BCUT2D eigenvalue weighted by atomic mass is 10.1. The molecule has 140 valence electrons. The number of esters is 1. The summed E-state index contributed by atoms with van der Waals surface area (Å²) in [5, 5.41) is 4.85. The maximum atomic E-state index is 12.0. The Hall–Kier alpha value is -2.99. The third-order valence-corrected chi connectivity index (χ3v) is 4.20. The normalized spacial score (nSPS) is 11.8. The van der Waals surface area contributed by atoms with Crippen LogP contribution in [0.15, 0.2) is 59.2 Å². The van der Waals surface area contributed by atoms with E-state index in [1.54, 1.807) is 24.3 Å². The second-order valence-electron chi connectivity index (χ2n) is 5.81. The number of ether oxygens (including phenoxy) is 2. The highest BCUT2D eigenvalue weighted by Gasteiger charge is 2.18. The van der Waals surface area contributed by atoms with E-state index in [0.29, 0.717) is 16.5 Å². The number of amides is 1. The zero-order chi connectivity index (χ0) is 19.2. The van der Waals surface area contributed by atoms with Gasteiger partial charge in [0.05, 0.1) is 12.8 Å². The first-order chi connectivity index (χ1) is 13.0. The number of furan rings is 1. The molecule has 0 aliphatic heterocycles. The number of fused-ring (bicyclic) bond motifs is 1. The Morgan fingerprint density at radius 2 is 1.89 bits per heavy atom. The first kappa shape index (κ1) is 18.8. The van der Waals surface area contributed by atoms with Gasteiger partial charge in [0.25, 0.3) is 5.91 Å². The van der Waals surface area contributed by atoms with Gasteiger partial charge < -0.3 is 19.2 Å². The largest absolute Gasteiger partial charge is 0.481 e. The smallest absolute Gasteiger partial charge is 0.344 e. The molecule has 2 aromatic carbocycles. The summed E-state index contributed by atoms with van der Waals surface area (Å²) in [5.41, 5.74) is 0. The van der Waals surface area contributed by atoms with Crippen molar-refractivity contribution in [2.45, 2.75) is 19.6 Å². The van der Waals surface area contributed by atoms with Gasteiger partial charge in [-0.15, -0.1) is 0 Å². The van der Waals surface area contributed by atoms with Crippen molar-refractivity contribution in [2.75, 3.05) is 6.61 Å². The van der Waals surface area contributed by atoms with Crippen molar-refractivity contribution >= 4 is 34.2 Å². The molecule has 1 amide bonds. The summed E-state index contributed by atoms with van der Waals surface area (Å²) >= 11 is 6.16. The van der Waals surface area contributed by atoms with Crippen LogP contribution in [-0.2, 0) is 20.9 Å². The first-order valence-corrected chi connectivity index (χ1v) is 8.72. The quantitative estimate of drug-likeness (QED) is 0.625. The number of hydrogen-bond acceptors (Lipinski definition) is 5. The van der Waals surface area contributed by atoms with Crippen molar-refractivity contribution in [3.05, 3.63) is 65.6 Å². The molecule has 1 aromatic heterocycles. The SMILES string of the molecule is C[C@H](OC(=O)COc1ccc(Cl)c2ccccc12)C(=O)NCc1ccco1. The van der Waals surface area contributed by atoms with E-state index in [1.807, 2.05) is 24.3 Å². The molecular weight excluding hydrogens is 370 g/mol. The van der Waals surface area contributed by atoms with Gasteiger partial charge in [0, 0.05) is 15.8 Å². The minimum atomic E-state index is -0.946. The molecule has 1 N–H and O–H groups in total. The average Bonchev–Trinajstić information content (AvgIpc) is 3.19. The lowest BCUT2D eigenvalue weighted by Gasteiger charge is -2.14. The van der Waals surface area contributed by atoms with E-state index in [0.717, 1.165) is 10.8 Å². The fourth-order valence-corrected chi connectivity index (χ4v) is 2.74. The Bertz CT molecular complexity index is 939. The molecular formula is C20H18ClNO5. The summed E-state index contributed by atoms with van der Waals surface area (Å²) < 4.78 is 15.8. The topological polar surface area (TPSA) is 77.8 Å². The molecule has 1 heterocycles. The third kappa shape index (κ3) is 4.80. The highest BCUT2D eigenvalue weighted by Crippen LogP contribution is 2.31. The van der Waals surface area contributed by atoms with Crippen molar-refractivity contribution in [1.82, 2.24) is 5.32 Å². The summed E-state index contributed by atoms with van der Waals surface area (Å²) in [4.78, 5) is 24.0. The van der Waals surface area contributed by atoms with Gasteiger partial charge in [-0.3, -0.25) is 4.79 Å². The molecule has 0 aliphatic carbocycles. The predicted molar refractivity (Wildman–Crippen MR) is 101 cm³/mol. The Morgan fingerprint density at radius 1 is 1.11 bits per heavy atom. The summed E-state index contributed by atoms with van der Waals surface area (Å²) in [6.07, 6.45) is 0.570. The molecule has 0 fully saturated rings. The minimum absolute atomic E-state index is 0.223. The van der Waals surface area contributed by atoms with Crippen LogP contribution in [0.3, 0.4) is 0 Å². The van der Waals surface area contributed by atoms with Crippen LogP contribution < -0.4 is 10.1 Å². The fourth-order valence-electron chi connectivity index (χ4n) is 2.51. The van der Waals surface area contributed by atoms with Crippen LogP contribution in [0.1, 0.15) is 12.7 Å². The van der Waals surface area contributed by atoms with Gasteiger partial charge in [0.15, 0.2) is 12.7 Å². The molecule has 0 radical (unpaired) electrons. The average molecular weight is 388 g/mol. The van der Waals surface area contributed by atoms with Crippen LogP contribution in [0, 0.1) is 0 Å². The van der Waals surface area contributed by atoms with Crippen LogP contribution >= 0.6 is 11.6 Å². The van der Waals surface area contributed by atoms with E-state index >= 15 is 0 Å². The van der Waals surface area contributed by atoms with Gasteiger partial charge in [-0.2, -0.15) is 0 Å². The zero-order valence-electron chi connectivity index (χ0n) is 14.6. The number of carbonyl (C=O) groups is 2. The molecule has 7 heteroatoms. The molecule has 0 aliphatic rings. The van der Waals surface area contributed by atoms with E-state index < -0.39 is 18.0 Å². The van der Waals surface area contributed by atoms with E-state index in [9.17, 15) is 9.59 Å². The second kappa shape index (κ2) is 8.60. The van der Waals surface area contributed by atoms with Crippen LogP contribution in [0.5, 0.6) is 5.75 Å². The number of nitrogens with one attached hydrogen (secondary N) is 1. The van der Waals surface area contributed by atoms with Gasteiger partial charge in [-0.1, -0.05) is 35.9 Å². The van der Waals surface area contributed by atoms with Gasteiger partial charge >= 0.3 is 5.97 Å². The molecule has 1 atom stereocenters. The van der Waals surface area contributed by atoms with Crippen molar-refractivity contribution < 1.29 is 23.5 Å². The molecule has 6 nitrogen and oxygen atoms in total. The zero-order valence-corrected chi connectivity index (χ0v) is 15.4. The van der Waals surface area contributed by atoms with E-state index in [1.165, 1.54) is 13.2 Å². The molecule has 0 saturated carbocycles. The summed E-state index contributed by atoms with van der Waals surface area (Å²) in [7, 11) is 0. The number of hydrogen-bond donors (Lipinski definition) is 1. The Balaban J connectivity index is 1.52. The Kier molecular flexibility index (Phi) is 5.98. The fraction of sp³-hybridized carbons (Fsp3) is 0.200. The van der Waals surface area contributed by atoms with E-state index in [2.05, 4.69) is 5.32 Å². The number of benzene rings is 2. The summed E-state index contributed by atoms with van der Waals surface area (Å²) in [6.45, 7) is 1.40. The lowest BCUT2D eigenvalue weighted by molar-refractivity contribution is -0.156. The molecule has 3 rings (SSSR count). The van der Waals surface area contributed by atoms with Gasteiger partial charge in [0.2, 0.25) is 0 Å². The number of carbonyl (C=O) groups excluding carboxylic acids is 2. The van der Waals surface area contributed by atoms with Crippen molar-refractivity contribution in [1.29, 1.82) is 0 Å². The van der Waals surface area contributed by atoms with Crippen LogP contribution in [0.4, 0.5) is 0 Å². The molecule has 0 spiro atoms. The lowest BCUT2D eigenvalue weighted by Crippen LogP contribution is -2.36. The monoisotopic (exact) mass is 387 g/mol. The van der Waals surface area contributed by atoms with Crippen LogP contribution in [0.25, 0.3) is 10.8 Å². The Morgan fingerprint density at radius 3 is 2.63 bits per heavy atom. The third-order valence-electron chi connectivity index (χ3n) is 3.87. The highest BCUT2D eigenvalue weighted by atomic mass is 35.5. The second-order valence-corrected chi connectivity index (χ2v) is 6.22. The number of halogens is 1. The van der Waals surface area contributed by atoms with Crippen molar-refractivity contribution in [2.24, 2.45) is 0 Å². The van der Waals surface area contributed by atoms with Crippen LogP contribution in [-0.4, -0.2) is 24.6 Å². The molecule has 27 heavy (non-hydrogen) atoms. The number of rotatable bonds is 7. The van der Waals surface area contributed by atoms with Gasteiger partial charge in [-0.25, -0.2) is 4.79 Å². The summed E-state index contributed by atoms with van der Waals surface area (Å²) in [5.74, 6) is 0.0630.